The molecule has 2 aromatic carbocycles. The summed E-state index contributed by atoms with van der Waals surface area (Å²) in [6.45, 7) is 6.54. The molecule has 2 aromatic rings. The van der Waals surface area contributed by atoms with E-state index in [0.29, 0.717) is 0 Å². The minimum absolute atomic E-state index is 0.130. The van der Waals surface area contributed by atoms with E-state index in [1.165, 1.54) is 5.56 Å². The fourth-order valence-electron chi connectivity index (χ4n) is 1.98. The van der Waals surface area contributed by atoms with Gasteiger partial charge in [0.15, 0.2) is 6.10 Å². The van der Waals surface area contributed by atoms with Gasteiger partial charge in [0, 0.05) is 5.56 Å². The Kier molecular flexibility index (Phi) is 4.15. The van der Waals surface area contributed by atoms with Gasteiger partial charge in [0.25, 0.3) is 0 Å². The molecule has 1 heteroatoms. The summed E-state index contributed by atoms with van der Waals surface area (Å²) in [5.41, 5.74) is 2.33. The molecule has 0 saturated carbocycles. The molecule has 0 aromatic heterocycles. The Morgan fingerprint density at radius 2 is 1.55 bits per heavy atom. The van der Waals surface area contributed by atoms with Gasteiger partial charge < -0.3 is 4.74 Å². The third kappa shape index (κ3) is 3.42. The molecule has 0 aliphatic carbocycles. The van der Waals surface area contributed by atoms with Crippen molar-refractivity contribution in [2.24, 2.45) is 0 Å². The maximum absolute atomic E-state index is 7.41. The molecule has 0 amide bonds. The maximum Gasteiger partial charge on any atom is 0.185 e. The van der Waals surface area contributed by atoms with E-state index < -0.39 is 6.10 Å². The molecular formula is C19H19O. The van der Waals surface area contributed by atoms with E-state index in [0.717, 1.165) is 11.3 Å². The summed E-state index contributed by atoms with van der Waals surface area (Å²) in [7, 11) is 0. The molecule has 1 radical (unpaired) electrons. The van der Waals surface area contributed by atoms with Crippen LogP contribution in [0.2, 0.25) is 0 Å². The lowest BCUT2D eigenvalue weighted by Crippen LogP contribution is -2.11. The van der Waals surface area contributed by atoms with E-state index in [-0.39, 0.29) is 5.41 Å². The summed E-state index contributed by atoms with van der Waals surface area (Å²) >= 11 is 0. The highest BCUT2D eigenvalue weighted by Crippen LogP contribution is 2.26. The zero-order valence-corrected chi connectivity index (χ0v) is 12.2. The standard InChI is InChI=1S/C19H19O/c1-5-18(15-9-7-6-8-10-15)20-17-13-11-16(12-14-17)19(2,3)4/h6-14,18H,2-4H3/t18-/m1/s1. The summed E-state index contributed by atoms with van der Waals surface area (Å²) in [6.07, 6.45) is 6.95. The van der Waals surface area contributed by atoms with Gasteiger partial charge in [0.05, 0.1) is 0 Å². The van der Waals surface area contributed by atoms with Crippen LogP contribution >= 0.6 is 0 Å². The van der Waals surface area contributed by atoms with Crippen LogP contribution in [0.15, 0.2) is 54.6 Å². The first-order chi connectivity index (χ1) is 9.50. The zero-order chi connectivity index (χ0) is 14.6. The van der Waals surface area contributed by atoms with Crippen molar-refractivity contribution >= 4 is 0 Å². The second kappa shape index (κ2) is 5.84. The van der Waals surface area contributed by atoms with Gasteiger partial charge >= 0.3 is 0 Å². The van der Waals surface area contributed by atoms with Gasteiger partial charge in [-0.1, -0.05) is 63.2 Å². The lowest BCUT2D eigenvalue weighted by atomic mass is 9.87. The summed E-state index contributed by atoms with van der Waals surface area (Å²) in [4.78, 5) is 0. The highest BCUT2D eigenvalue weighted by Gasteiger charge is 2.14. The minimum Gasteiger partial charge on any atom is -0.473 e. The molecule has 101 valence electrons. The van der Waals surface area contributed by atoms with Crippen LogP contribution in [0.5, 0.6) is 5.75 Å². The first-order valence-electron chi connectivity index (χ1n) is 6.75. The molecular weight excluding hydrogens is 244 g/mol. The molecule has 0 saturated heterocycles. The van der Waals surface area contributed by atoms with Gasteiger partial charge in [-0.05, 0) is 35.5 Å². The van der Waals surface area contributed by atoms with Crippen LogP contribution in [0.3, 0.4) is 0 Å². The second-order valence-corrected chi connectivity index (χ2v) is 5.83. The average Bonchev–Trinajstić information content (AvgIpc) is 2.45. The monoisotopic (exact) mass is 263 g/mol. The largest absolute Gasteiger partial charge is 0.473 e. The van der Waals surface area contributed by atoms with Crippen molar-refractivity contribution in [2.45, 2.75) is 32.3 Å². The van der Waals surface area contributed by atoms with Crippen molar-refractivity contribution in [3.63, 3.8) is 0 Å². The Morgan fingerprint density at radius 1 is 0.950 bits per heavy atom. The molecule has 2 rings (SSSR count). The topological polar surface area (TPSA) is 9.23 Å². The number of hydrogen-bond acceptors (Lipinski definition) is 1. The van der Waals surface area contributed by atoms with Crippen LogP contribution in [0.4, 0.5) is 0 Å². The number of hydrogen-bond donors (Lipinski definition) is 0. The molecule has 0 aliphatic rings. The summed E-state index contributed by atoms with van der Waals surface area (Å²) in [5.74, 6) is 3.20. The van der Waals surface area contributed by atoms with Crippen molar-refractivity contribution in [1.29, 1.82) is 0 Å². The summed E-state index contributed by atoms with van der Waals surface area (Å²) < 4.78 is 5.82. The molecule has 0 spiro atoms. The fraction of sp³-hybridized carbons (Fsp3) is 0.263. The van der Waals surface area contributed by atoms with Crippen molar-refractivity contribution in [1.82, 2.24) is 0 Å². The van der Waals surface area contributed by atoms with Crippen LogP contribution in [-0.4, -0.2) is 0 Å². The van der Waals surface area contributed by atoms with Crippen molar-refractivity contribution in [3.8, 4) is 11.7 Å². The molecule has 1 atom stereocenters. The Labute approximate surface area is 121 Å². The van der Waals surface area contributed by atoms with Gasteiger partial charge in [-0.25, -0.2) is 0 Å². The molecule has 0 bridgehead atoms. The average molecular weight is 263 g/mol. The molecule has 0 unspecified atom stereocenters. The first kappa shape index (κ1) is 14.2. The van der Waals surface area contributed by atoms with E-state index in [1.807, 2.05) is 42.5 Å². The van der Waals surface area contributed by atoms with E-state index in [2.05, 4.69) is 38.8 Å². The predicted molar refractivity (Wildman–Crippen MR) is 82.1 cm³/mol. The van der Waals surface area contributed by atoms with Crippen molar-refractivity contribution in [2.75, 3.05) is 0 Å². The van der Waals surface area contributed by atoms with E-state index in [1.54, 1.807) is 0 Å². The van der Waals surface area contributed by atoms with E-state index in [4.69, 9.17) is 11.2 Å². The van der Waals surface area contributed by atoms with E-state index >= 15 is 0 Å². The molecule has 0 fully saturated rings. The number of benzene rings is 2. The Hall–Kier alpha value is -2.20. The normalized spacial score (nSPS) is 12.5. The molecule has 0 aliphatic heterocycles. The Bertz CT molecular complexity index is 582. The van der Waals surface area contributed by atoms with Gasteiger partial charge in [0.1, 0.15) is 5.75 Å². The molecule has 0 heterocycles. The lowest BCUT2D eigenvalue weighted by molar-refractivity contribution is 0.264. The maximum atomic E-state index is 7.41. The Morgan fingerprint density at radius 3 is 2.05 bits per heavy atom. The highest BCUT2D eigenvalue weighted by molar-refractivity contribution is 5.33. The van der Waals surface area contributed by atoms with Crippen LogP contribution in [0, 0.1) is 12.3 Å². The fourth-order valence-corrected chi connectivity index (χ4v) is 1.98. The predicted octanol–water partition coefficient (Wildman–Crippen LogP) is 4.69. The minimum atomic E-state index is -0.461. The zero-order valence-electron chi connectivity index (χ0n) is 12.2. The van der Waals surface area contributed by atoms with Gasteiger partial charge in [-0.2, -0.15) is 0 Å². The van der Waals surface area contributed by atoms with Gasteiger partial charge in [0.2, 0.25) is 0 Å². The molecule has 0 N–H and O–H groups in total. The van der Waals surface area contributed by atoms with Crippen molar-refractivity contribution < 1.29 is 4.74 Å². The third-order valence-corrected chi connectivity index (χ3v) is 3.21. The smallest absolute Gasteiger partial charge is 0.185 e. The van der Waals surface area contributed by atoms with Crippen LogP contribution < -0.4 is 4.74 Å². The highest BCUT2D eigenvalue weighted by atomic mass is 16.5. The van der Waals surface area contributed by atoms with Crippen molar-refractivity contribution in [3.05, 3.63) is 72.1 Å². The van der Waals surface area contributed by atoms with Crippen LogP contribution in [0.1, 0.15) is 38.0 Å². The second-order valence-electron chi connectivity index (χ2n) is 5.83. The lowest BCUT2D eigenvalue weighted by Gasteiger charge is -2.20. The molecule has 20 heavy (non-hydrogen) atoms. The third-order valence-electron chi connectivity index (χ3n) is 3.21. The first-order valence-corrected chi connectivity index (χ1v) is 6.75. The summed E-state index contributed by atoms with van der Waals surface area (Å²) in [6, 6.07) is 17.7. The van der Waals surface area contributed by atoms with Gasteiger partial charge in [-0.3, -0.25) is 0 Å². The quantitative estimate of drug-likeness (QED) is 0.730. The van der Waals surface area contributed by atoms with E-state index in [9.17, 15) is 0 Å². The molecule has 1 nitrogen and oxygen atoms in total. The number of ether oxygens (including phenoxy) is 1. The SMILES string of the molecule is [C]#C[C@@H](Oc1ccc(C(C)(C)C)cc1)c1ccccc1. The number of rotatable bonds is 3. The van der Waals surface area contributed by atoms with Crippen LogP contribution in [0.25, 0.3) is 0 Å². The summed E-state index contributed by atoms with van der Waals surface area (Å²) in [5, 5.41) is 0. The van der Waals surface area contributed by atoms with Gasteiger partial charge in [-0.15, -0.1) is 0 Å². The van der Waals surface area contributed by atoms with Crippen LogP contribution in [-0.2, 0) is 5.41 Å². The Balaban J connectivity index is 2.15.